The van der Waals surface area contributed by atoms with Gasteiger partial charge in [-0.1, -0.05) is 31.9 Å². The van der Waals surface area contributed by atoms with Crippen LogP contribution in [0.25, 0.3) is 6.08 Å². The molecule has 0 bridgehead atoms. The topological polar surface area (TPSA) is 78.4 Å². The number of carbonyl (C=O) groups excluding carboxylic acids is 1. The van der Waals surface area contributed by atoms with E-state index in [1.54, 1.807) is 24.3 Å². The molecule has 0 fully saturated rings. The molecule has 0 aliphatic heterocycles. The van der Waals surface area contributed by atoms with Crippen molar-refractivity contribution < 1.29 is 14.7 Å². The molecular formula is C15H20N2O3. The number of carboxylic acids is 1. The van der Waals surface area contributed by atoms with E-state index in [4.69, 9.17) is 5.11 Å². The van der Waals surface area contributed by atoms with Crippen molar-refractivity contribution in [3.05, 3.63) is 35.9 Å². The Kier molecular flexibility index (Phi) is 6.89. The molecule has 0 saturated carbocycles. The Morgan fingerprint density at radius 1 is 1.30 bits per heavy atom. The highest BCUT2D eigenvalue weighted by atomic mass is 16.4. The average Bonchev–Trinajstić information content (AvgIpc) is 2.42. The van der Waals surface area contributed by atoms with Gasteiger partial charge >= 0.3 is 12.0 Å². The minimum atomic E-state index is -1.00. The molecule has 0 spiro atoms. The highest BCUT2D eigenvalue weighted by Gasteiger charge is 2.01. The second-order valence-electron chi connectivity index (χ2n) is 4.39. The maximum atomic E-state index is 11.6. The second kappa shape index (κ2) is 8.74. The molecule has 0 aromatic heterocycles. The van der Waals surface area contributed by atoms with Gasteiger partial charge in [0.05, 0.1) is 0 Å². The first-order valence-corrected chi connectivity index (χ1v) is 6.67. The van der Waals surface area contributed by atoms with E-state index in [2.05, 4.69) is 17.6 Å². The molecule has 0 aliphatic carbocycles. The van der Waals surface area contributed by atoms with E-state index in [0.717, 1.165) is 30.9 Å². The Balaban J connectivity index is 2.49. The van der Waals surface area contributed by atoms with Crippen LogP contribution < -0.4 is 10.6 Å². The Labute approximate surface area is 118 Å². The van der Waals surface area contributed by atoms with E-state index < -0.39 is 5.97 Å². The molecule has 0 saturated heterocycles. The van der Waals surface area contributed by atoms with Crippen LogP contribution in [0.5, 0.6) is 0 Å². The highest BCUT2D eigenvalue weighted by molar-refractivity contribution is 5.90. The zero-order valence-electron chi connectivity index (χ0n) is 11.6. The summed E-state index contributed by atoms with van der Waals surface area (Å²) in [6.45, 7) is 2.76. The van der Waals surface area contributed by atoms with Gasteiger partial charge in [0.1, 0.15) is 0 Å². The number of benzene rings is 1. The van der Waals surface area contributed by atoms with Gasteiger partial charge in [0.25, 0.3) is 0 Å². The summed E-state index contributed by atoms with van der Waals surface area (Å²) in [6.07, 6.45) is 5.71. The third-order valence-electron chi connectivity index (χ3n) is 2.63. The van der Waals surface area contributed by atoms with Gasteiger partial charge in [0, 0.05) is 18.3 Å². The smallest absolute Gasteiger partial charge is 0.328 e. The normalized spacial score (nSPS) is 10.4. The van der Waals surface area contributed by atoms with E-state index in [9.17, 15) is 9.59 Å². The second-order valence-corrected chi connectivity index (χ2v) is 4.39. The Bertz CT molecular complexity index is 484. The number of unbranched alkanes of at least 4 members (excludes halogenated alkanes) is 2. The minimum absolute atomic E-state index is 0.250. The van der Waals surface area contributed by atoms with Crippen molar-refractivity contribution in [3.63, 3.8) is 0 Å². The quantitative estimate of drug-likeness (QED) is 0.529. The number of carboxylic acid groups (broad SMARTS) is 1. The summed E-state index contributed by atoms with van der Waals surface area (Å²) in [4.78, 5) is 22.1. The number of urea groups is 1. The maximum absolute atomic E-state index is 11.6. The fourth-order valence-electron chi connectivity index (χ4n) is 1.64. The average molecular weight is 276 g/mol. The van der Waals surface area contributed by atoms with Crippen molar-refractivity contribution in [2.75, 3.05) is 11.9 Å². The fourth-order valence-corrected chi connectivity index (χ4v) is 1.64. The summed E-state index contributed by atoms with van der Waals surface area (Å²) in [5.41, 5.74) is 1.35. The molecule has 0 heterocycles. The van der Waals surface area contributed by atoms with E-state index in [1.165, 1.54) is 6.08 Å². The zero-order valence-corrected chi connectivity index (χ0v) is 11.6. The van der Waals surface area contributed by atoms with Crippen LogP contribution >= 0.6 is 0 Å². The van der Waals surface area contributed by atoms with E-state index in [1.807, 2.05) is 0 Å². The van der Waals surface area contributed by atoms with E-state index in [-0.39, 0.29) is 6.03 Å². The van der Waals surface area contributed by atoms with Crippen LogP contribution in [0.1, 0.15) is 31.7 Å². The molecule has 5 heteroatoms. The van der Waals surface area contributed by atoms with Gasteiger partial charge in [-0.05, 0) is 30.2 Å². The number of anilines is 1. The molecule has 1 rings (SSSR count). The summed E-state index contributed by atoms with van der Waals surface area (Å²) in [5.74, 6) is -1.00. The van der Waals surface area contributed by atoms with Crippen molar-refractivity contribution in [1.82, 2.24) is 5.32 Å². The van der Waals surface area contributed by atoms with Gasteiger partial charge in [0.15, 0.2) is 0 Å². The number of hydrogen-bond donors (Lipinski definition) is 3. The van der Waals surface area contributed by atoms with Crippen LogP contribution in [0.2, 0.25) is 0 Å². The molecular weight excluding hydrogens is 256 g/mol. The molecule has 0 aliphatic rings. The molecule has 2 amide bonds. The predicted octanol–water partition coefficient (Wildman–Crippen LogP) is 3.10. The summed E-state index contributed by atoms with van der Waals surface area (Å²) in [7, 11) is 0. The Hall–Kier alpha value is -2.30. The molecule has 0 unspecified atom stereocenters. The summed E-state index contributed by atoms with van der Waals surface area (Å²) < 4.78 is 0. The first kappa shape index (κ1) is 15.8. The van der Waals surface area contributed by atoms with Crippen LogP contribution in [0.4, 0.5) is 10.5 Å². The standard InChI is InChI=1S/C15H20N2O3/c1-2-3-4-10-16-15(20)17-13-7-5-6-12(11-13)8-9-14(18)19/h5-9,11H,2-4,10H2,1H3,(H,18,19)(H2,16,17,20)/b9-8+. The maximum Gasteiger partial charge on any atom is 0.328 e. The van der Waals surface area contributed by atoms with Crippen LogP contribution in [0.15, 0.2) is 30.3 Å². The lowest BCUT2D eigenvalue weighted by Crippen LogP contribution is -2.29. The van der Waals surface area contributed by atoms with Crippen molar-refractivity contribution in [1.29, 1.82) is 0 Å². The summed E-state index contributed by atoms with van der Waals surface area (Å²) in [5, 5.41) is 14.1. The van der Waals surface area contributed by atoms with Crippen LogP contribution in [-0.4, -0.2) is 23.7 Å². The number of amides is 2. The fraction of sp³-hybridized carbons (Fsp3) is 0.333. The lowest BCUT2D eigenvalue weighted by molar-refractivity contribution is -0.131. The third kappa shape index (κ3) is 6.58. The molecule has 1 aromatic rings. The Morgan fingerprint density at radius 2 is 2.10 bits per heavy atom. The predicted molar refractivity (Wildman–Crippen MR) is 79.7 cm³/mol. The first-order chi connectivity index (χ1) is 9.61. The molecule has 108 valence electrons. The highest BCUT2D eigenvalue weighted by Crippen LogP contribution is 2.11. The van der Waals surface area contributed by atoms with Crippen molar-refractivity contribution in [3.8, 4) is 0 Å². The van der Waals surface area contributed by atoms with Crippen LogP contribution in [0.3, 0.4) is 0 Å². The van der Waals surface area contributed by atoms with Gasteiger partial charge in [-0.25, -0.2) is 9.59 Å². The molecule has 1 aromatic carbocycles. The lowest BCUT2D eigenvalue weighted by Gasteiger charge is -2.07. The largest absolute Gasteiger partial charge is 0.478 e. The van der Waals surface area contributed by atoms with Gasteiger partial charge in [0.2, 0.25) is 0 Å². The molecule has 0 atom stereocenters. The van der Waals surface area contributed by atoms with E-state index >= 15 is 0 Å². The number of nitrogens with one attached hydrogen (secondary N) is 2. The van der Waals surface area contributed by atoms with Crippen molar-refractivity contribution in [2.45, 2.75) is 26.2 Å². The van der Waals surface area contributed by atoms with Crippen LogP contribution in [-0.2, 0) is 4.79 Å². The third-order valence-corrected chi connectivity index (χ3v) is 2.63. The Morgan fingerprint density at radius 3 is 2.80 bits per heavy atom. The monoisotopic (exact) mass is 276 g/mol. The van der Waals surface area contributed by atoms with Gasteiger partial charge in [-0.3, -0.25) is 0 Å². The van der Waals surface area contributed by atoms with E-state index in [0.29, 0.717) is 12.2 Å². The minimum Gasteiger partial charge on any atom is -0.478 e. The summed E-state index contributed by atoms with van der Waals surface area (Å²) in [6, 6.07) is 6.74. The van der Waals surface area contributed by atoms with Gasteiger partial charge in [-0.15, -0.1) is 0 Å². The molecule has 3 N–H and O–H groups in total. The van der Waals surface area contributed by atoms with Crippen molar-refractivity contribution in [2.24, 2.45) is 0 Å². The van der Waals surface area contributed by atoms with Crippen molar-refractivity contribution >= 4 is 23.8 Å². The number of aliphatic carboxylic acids is 1. The first-order valence-electron chi connectivity index (χ1n) is 6.67. The molecule has 5 nitrogen and oxygen atoms in total. The van der Waals surface area contributed by atoms with Gasteiger partial charge in [-0.2, -0.15) is 0 Å². The zero-order chi connectivity index (χ0) is 14.8. The SMILES string of the molecule is CCCCCNC(=O)Nc1cccc(/C=C/C(=O)O)c1. The number of hydrogen-bond acceptors (Lipinski definition) is 2. The summed E-state index contributed by atoms with van der Waals surface area (Å²) >= 11 is 0. The van der Waals surface area contributed by atoms with Gasteiger partial charge < -0.3 is 15.7 Å². The number of carbonyl (C=O) groups is 2. The number of rotatable bonds is 7. The lowest BCUT2D eigenvalue weighted by atomic mass is 10.2. The molecule has 20 heavy (non-hydrogen) atoms. The molecule has 0 radical (unpaired) electrons. The van der Waals surface area contributed by atoms with Crippen LogP contribution in [0, 0.1) is 0 Å².